The summed E-state index contributed by atoms with van der Waals surface area (Å²) >= 11 is 6.03. The smallest absolute Gasteiger partial charge is 0.227 e. The molecule has 6 nitrogen and oxygen atoms in total. The standard InChI is InChI=1S/C13H19ClN2O4/c1-18-8(7-15)4-13(17)16-10-5-9(14)11(19-2)6-12(10)20-3/h5-6,8H,4,7,15H2,1-3H3,(H,16,17). The summed E-state index contributed by atoms with van der Waals surface area (Å²) in [6.07, 6.45) is -0.172. The van der Waals surface area contributed by atoms with Crippen molar-refractivity contribution in [2.75, 3.05) is 33.2 Å². The Balaban J connectivity index is 2.86. The van der Waals surface area contributed by atoms with Gasteiger partial charge in [0.25, 0.3) is 0 Å². The van der Waals surface area contributed by atoms with Crippen molar-refractivity contribution in [3.8, 4) is 11.5 Å². The first-order valence-electron chi connectivity index (χ1n) is 5.99. The minimum atomic E-state index is -0.324. The molecule has 0 saturated carbocycles. The Labute approximate surface area is 123 Å². The average molecular weight is 303 g/mol. The summed E-state index contributed by atoms with van der Waals surface area (Å²) in [4.78, 5) is 11.9. The highest BCUT2D eigenvalue weighted by atomic mass is 35.5. The first-order valence-corrected chi connectivity index (χ1v) is 6.37. The number of halogens is 1. The van der Waals surface area contributed by atoms with E-state index < -0.39 is 0 Å². The first kappa shape index (κ1) is 16.6. The molecule has 0 radical (unpaired) electrons. The number of rotatable bonds is 7. The highest BCUT2D eigenvalue weighted by Crippen LogP contribution is 2.35. The van der Waals surface area contributed by atoms with Crippen molar-refractivity contribution in [3.63, 3.8) is 0 Å². The molecule has 1 aromatic carbocycles. The molecule has 0 fully saturated rings. The van der Waals surface area contributed by atoms with Crippen molar-refractivity contribution in [2.24, 2.45) is 5.73 Å². The van der Waals surface area contributed by atoms with Gasteiger partial charge in [-0.15, -0.1) is 0 Å². The van der Waals surface area contributed by atoms with E-state index in [-0.39, 0.29) is 25.0 Å². The predicted molar refractivity (Wildman–Crippen MR) is 77.7 cm³/mol. The molecule has 1 atom stereocenters. The normalized spacial score (nSPS) is 11.8. The van der Waals surface area contributed by atoms with Crippen LogP contribution in [0.4, 0.5) is 5.69 Å². The number of hydrogen-bond donors (Lipinski definition) is 2. The highest BCUT2D eigenvalue weighted by molar-refractivity contribution is 6.32. The zero-order chi connectivity index (χ0) is 15.1. The van der Waals surface area contributed by atoms with Crippen LogP contribution >= 0.6 is 11.6 Å². The third-order valence-electron chi connectivity index (χ3n) is 2.76. The lowest BCUT2D eigenvalue weighted by molar-refractivity contribution is -0.118. The van der Waals surface area contributed by atoms with Crippen molar-refractivity contribution < 1.29 is 19.0 Å². The van der Waals surface area contributed by atoms with E-state index in [9.17, 15) is 4.79 Å². The van der Waals surface area contributed by atoms with E-state index in [1.807, 2.05) is 0 Å². The van der Waals surface area contributed by atoms with Gasteiger partial charge in [0.05, 0.1) is 37.5 Å². The molecule has 0 saturated heterocycles. The summed E-state index contributed by atoms with van der Waals surface area (Å²) in [5.41, 5.74) is 5.94. The number of carbonyl (C=O) groups is 1. The van der Waals surface area contributed by atoms with E-state index in [0.29, 0.717) is 22.2 Å². The number of amides is 1. The molecule has 1 rings (SSSR count). The van der Waals surface area contributed by atoms with Crippen LogP contribution in [-0.4, -0.2) is 39.9 Å². The first-order chi connectivity index (χ1) is 9.55. The van der Waals surface area contributed by atoms with Crippen molar-refractivity contribution in [3.05, 3.63) is 17.2 Å². The molecule has 0 spiro atoms. The third kappa shape index (κ3) is 4.26. The van der Waals surface area contributed by atoms with Crippen molar-refractivity contribution in [2.45, 2.75) is 12.5 Å². The van der Waals surface area contributed by atoms with E-state index in [1.54, 1.807) is 12.1 Å². The van der Waals surface area contributed by atoms with Gasteiger partial charge in [-0.1, -0.05) is 11.6 Å². The van der Waals surface area contributed by atoms with E-state index in [1.165, 1.54) is 21.3 Å². The predicted octanol–water partition coefficient (Wildman–Crippen LogP) is 1.66. The van der Waals surface area contributed by atoms with Crippen molar-refractivity contribution in [1.82, 2.24) is 0 Å². The van der Waals surface area contributed by atoms with Gasteiger partial charge in [-0.3, -0.25) is 4.79 Å². The van der Waals surface area contributed by atoms with Crippen molar-refractivity contribution in [1.29, 1.82) is 0 Å². The lowest BCUT2D eigenvalue weighted by Gasteiger charge is -2.15. The van der Waals surface area contributed by atoms with Gasteiger partial charge in [0.2, 0.25) is 5.91 Å². The van der Waals surface area contributed by atoms with E-state index in [2.05, 4.69) is 5.32 Å². The Morgan fingerprint density at radius 2 is 1.95 bits per heavy atom. The van der Waals surface area contributed by atoms with Crippen LogP contribution in [0.2, 0.25) is 5.02 Å². The summed E-state index contributed by atoms with van der Waals surface area (Å²) < 4.78 is 15.3. The van der Waals surface area contributed by atoms with Crippen LogP contribution in [0.15, 0.2) is 12.1 Å². The Kier molecular flexibility index (Phi) is 6.57. The monoisotopic (exact) mass is 302 g/mol. The summed E-state index contributed by atoms with van der Waals surface area (Å²) in [7, 11) is 4.51. The zero-order valence-electron chi connectivity index (χ0n) is 11.7. The maximum Gasteiger partial charge on any atom is 0.227 e. The Morgan fingerprint density at radius 1 is 1.30 bits per heavy atom. The number of nitrogens with two attached hydrogens (primary N) is 1. The molecule has 0 aliphatic rings. The molecule has 0 aromatic heterocycles. The van der Waals surface area contributed by atoms with E-state index in [0.717, 1.165) is 0 Å². The quantitative estimate of drug-likeness (QED) is 0.800. The van der Waals surface area contributed by atoms with E-state index >= 15 is 0 Å². The number of hydrogen-bond acceptors (Lipinski definition) is 5. The molecule has 0 bridgehead atoms. The van der Waals surface area contributed by atoms with Crippen LogP contribution in [0.25, 0.3) is 0 Å². The molecule has 1 amide bonds. The van der Waals surface area contributed by atoms with Gasteiger partial charge >= 0.3 is 0 Å². The fourth-order valence-electron chi connectivity index (χ4n) is 1.63. The average Bonchev–Trinajstić information content (AvgIpc) is 2.45. The Hall–Kier alpha value is -1.50. The fraction of sp³-hybridized carbons (Fsp3) is 0.462. The molecule has 7 heteroatoms. The van der Waals surface area contributed by atoms with Crippen LogP contribution in [0.1, 0.15) is 6.42 Å². The zero-order valence-corrected chi connectivity index (χ0v) is 12.5. The molecule has 0 aliphatic carbocycles. The molecule has 1 unspecified atom stereocenters. The third-order valence-corrected chi connectivity index (χ3v) is 3.05. The summed E-state index contributed by atoms with van der Waals surface area (Å²) in [6.45, 7) is 0.268. The number of ether oxygens (including phenoxy) is 3. The summed E-state index contributed by atoms with van der Waals surface area (Å²) in [5.74, 6) is 0.696. The summed E-state index contributed by atoms with van der Waals surface area (Å²) in [6, 6.07) is 3.18. The fourth-order valence-corrected chi connectivity index (χ4v) is 1.87. The topological polar surface area (TPSA) is 82.8 Å². The van der Waals surface area contributed by atoms with Crippen LogP contribution in [0.3, 0.4) is 0 Å². The molecule has 3 N–H and O–H groups in total. The number of benzene rings is 1. The van der Waals surface area contributed by atoms with Crippen LogP contribution in [-0.2, 0) is 9.53 Å². The number of carbonyl (C=O) groups excluding carboxylic acids is 1. The number of methoxy groups -OCH3 is 3. The lowest BCUT2D eigenvalue weighted by atomic mass is 10.2. The van der Waals surface area contributed by atoms with Gasteiger partial charge in [0, 0.05) is 19.7 Å². The number of anilines is 1. The molecule has 0 aliphatic heterocycles. The molecule has 112 valence electrons. The number of nitrogens with one attached hydrogen (secondary N) is 1. The Morgan fingerprint density at radius 3 is 2.45 bits per heavy atom. The van der Waals surface area contributed by atoms with Gasteiger partial charge < -0.3 is 25.3 Å². The van der Waals surface area contributed by atoms with Crippen LogP contribution < -0.4 is 20.5 Å². The highest BCUT2D eigenvalue weighted by Gasteiger charge is 2.15. The minimum Gasteiger partial charge on any atom is -0.495 e. The second-order valence-electron chi connectivity index (χ2n) is 4.03. The summed E-state index contributed by atoms with van der Waals surface area (Å²) in [5, 5.41) is 3.09. The molecule has 1 aromatic rings. The van der Waals surface area contributed by atoms with Crippen molar-refractivity contribution >= 4 is 23.2 Å². The SMILES string of the molecule is COc1cc(OC)c(NC(=O)CC(CN)OC)cc1Cl. The van der Waals surface area contributed by atoms with Gasteiger partial charge in [-0.2, -0.15) is 0 Å². The van der Waals surface area contributed by atoms with Gasteiger partial charge in [-0.05, 0) is 6.07 Å². The van der Waals surface area contributed by atoms with Gasteiger partial charge in [0.15, 0.2) is 0 Å². The maximum atomic E-state index is 11.9. The van der Waals surface area contributed by atoms with E-state index in [4.69, 9.17) is 31.5 Å². The molecule has 20 heavy (non-hydrogen) atoms. The minimum absolute atomic E-state index is 0.153. The molecule has 0 heterocycles. The van der Waals surface area contributed by atoms with Gasteiger partial charge in [-0.25, -0.2) is 0 Å². The largest absolute Gasteiger partial charge is 0.495 e. The lowest BCUT2D eigenvalue weighted by Crippen LogP contribution is -2.28. The van der Waals surface area contributed by atoms with Gasteiger partial charge in [0.1, 0.15) is 11.5 Å². The second kappa shape index (κ2) is 7.94. The Bertz CT molecular complexity index is 464. The van der Waals surface area contributed by atoms with Crippen LogP contribution in [0, 0.1) is 0 Å². The molecular weight excluding hydrogens is 284 g/mol. The molecular formula is C13H19ClN2O4. The maximum absolute atomic E-state index is 11.9. The second-order valence-corrected chi connectivity index (χ2v) is 4.44. The van der Waals surface area contributed by atoms with Crippen LogP contribution in [0.5, 0.6) is 11.5 Å².